The lowest BCUT2D eigenvalue weighted by Gasteiger charge is -2.35. The number of rotatable bonds is 2. The highest BCUT2D eigenvalue weighted by atomic mass is 16.1. The molecule has 1 aliphatic carbocycles. The molecular formula is C16H21N3O2. The first kappa shape index (κ1) is 13.9. The summed E-state index contributed by atoms with van der Waals surface area (Å²) in [5.41, 5.74) is 0.636. The van der Waals surface area contributed by atoms with Crippen molar-refractivity contribution in [2.75, 3.05) is 5.32 Å². The molecule has 0 amide bonds. The van der Waals surface area contributed by atoms with E-state index < -0.39 is 0 Å². The van der Waals surface area contributed by atoms with Crippen LogP contribution in [0.3, 0.4) is 0 Å². The van der Waals surface area contributed by atoms with Crippen LogP contribution in [0.1, 0.15) is 39.5 Å². The maximum atomic E-state index is 12.0. The summed E-state index contributed by atoms with van der Waals surface area (Å²) in [7, 11) is 0. The molecule has 5 heteroatoms. The summed E-state index contributed by atoms with van der Waals surface area (Å²) < 4.78 is 0. The number of hydrogen-bond acceptors (Lipinski definition) is 3. The van der Waals surface area contributed by atoms with E-state index in [1.54, 1.807) is 6.07 Å². The van der Waals surface area contributed by atoms with E-state index in [0.29, 0.717) is 22.2 Å². The van der Waals surface area contributed by atoms with Crippen LogP contribution >= 0.6 is 0 Å². The zero-order valence-corrected chi connectivity index (χ0v) is 12.5. The quantitative estimate of drug-likeness (QED) is 0.794. The molecule has 0 bridgehead atoms. The fourth-order valence-electron chi connectivity index (χ4n) is 3.11. The lowest BCUT2D eigenvalue weighted by Crippen LogP contribution is -2.30. The minimum Gasteiger partial charge on any atom is -0.382 e. The molecule has 1 fully saturated rings. The molecule has 2 aromatic rings. The van der Waals surface area contributed by atoms with Crippen molar-refractivity contribution in [3.63, 3.8) is 0 Å². The Labute approximate surface area is 122 Å². The maximum absolute atomic E-state index is 12.0. The highest BCUT2D eigenvalue weighted by Gasteiger charge is 2.27. The van der Waals surface area contributed by atoms with Crippen LogP contribution < -0.4 is 16.4 Å². The maximum Gasteiger partial charge on any atom is 0.272 e. The smallest absolute Gasteiger partial charge is 0.272 e. The minimum atomic E-state index is -0.266. The van der Waals surface area contributed by atoms with Crippen molar-refractivity contribution >= 4 is 16.5 Å². The molecule has 0 saturated heterocycles. The third kappa shape index (κ3) is 2.73. The van der Waals surface area contributed by atoms with Gasteiger partial charge in [-0.05, 0) is 43.2 Å². The molecule has 0 aliphatic heterocycles. The number of H-pyrrole nitrogens is 2. The average molecular weight is 287 g/mol. The molecule has 1 aromatic carbocycles. The van der Waals surface area contributed by atoms with E-state index in [-0.39, 0.29) is 11.1 Å². The molecule has 21 heavy (non-hydrogen) atoms. The summed E-state index contributed by atoms with van der Waals surface area (Å²) >= 11 is 0. The van der Waals surface area contributed by atoms with Crippen LogP contribution in [-0.4, -0.2) is 16.2 Å². The van der Waals surface area contributed by atoms with E-state index in [1.807, 2.05) is 12.1 Å². The molecule has 1 aliphatic rings. The Morgan fingerprint density at radius 2 is 1.76 bits per heavy atom. The van der Waals surface area contributed by atoms with Gasteiger partial charge in [0.25, 0.3) is 11.1 Å². The van der Waals surface area contributed by atoms with Gasteiger partial charge in [0.2, 0.25) is 0 Å². The normalized spacial score (nSPS) is 18.8. The first-order valence-electron chi connectivity index (χ1n) is 7.46. The molecule has 0 radical (unpaired) electrons. The van der Waals surface area contributed by atoms with Crippen LogP contribution in [0.25, 0.3) is 10.8 Å². The van der Waals surface area contributed by atoms with Crippen LogP contribution in [0.15, 0.2) is 27.8 Å². The second kappa shape index (κ2) is 5.06. The first-order chi connectivity index (χ1) is 9.96. The molecule has 1 saturated carbocycles. The summed E-state index contributed by atoms with van der Waals surface area (Å²) in [6.07, 6.45) is 4.52. The third-order valence-electron chi connectivity index (χ3n) is 4.52. The summed E-state index contributed by atoms with van der Waals surface area (Å²) in [6.45, 7) is 4.59. The van der Waals surface area contributed by atoms with Gasteiger partial charge in [0.05, 0.1) is 10.8 Å². The zero-order chi connectivity index (χ0) is 15.0. The molecule has 0 atom stereocenters. The van der Waals surface area contributed by atoms with Crippen LogP contribution in [0.2, 0.25) is 0 Å². The Bertz CT molecular complexity index is 763. The van der Waals surface area contributed by atoms with Gasteiger partial charge in [0.1, 0.15) is 0 Å². The fraction of sp³-hybridized carbons (Fsp3) is 0.500. The van der Waals surface area contributed by atoms with Gasteiger partial charge in [-0.15, -0.1) is 0 Å². The molecule has 1 aromatic heterocycles. The Hall–Kier alpha value is -2.04. The molecule has 112 valence electrons. The van der Waals surface area contributed by atoms with E-state index in [0.717, 1.165) is 18.5 Å². The Kier molecular flexibility index (Phi) is 3.35. The molecular weight excluding hydrogens is 266 g/mol. The number of aromatic amines is 2. The predicted molar refractivity (Wildman–Crippen MR) is 84.8 cm³/mol. The van der Waals surface area contributed by atoms with Gasteiger partial charge in [-0.3, -0.25) is 19.8 Å². The van der Waals surface area contributed by atoms with Gasteiger partial charge < -0.3 is 5.32 Å². The van der Waals surface area contributed by atoms with Gasteiger partial charge in [0.15, 0.2) is 0 Å². The fourth-order valence-corrected chi connectivity index (χ4v) is 3.11. The van der Waals surface area contributed by atoms with Crippen LogP contribution in [0, 0.1) is 5.41 Å². The summed E-state index contributed by atoms with van der Waals surface area (Å²) in [5, 5.41) is 9.10. The predicted octanol–water partition coefficient (Wildman–Crippen LogP) is 2.60. The Balaban J connectivity index is 1.94. The summed E-state index contributed by atoms with van der Waals surface area (Å²) in [5.74, 6) is 0. The highest BCUT2D eigenvalue weighted by molar-refractivity contribution is 5.92. The second-order valence-electron chi connectivity index (χ2n) is 6.72. The van der Waals surface area contributed by atoms with E-state index in [4.69, 9.17) is 0 Å². The van der Waals surface area contributed by atoms with Crippen molar-refractivity contribution in [2.45, 2.75) is 45.6 Å². The van der Waals surface area contributed by atoms with Crippen molar-refractivity contribution in [1.82, 2.24) is 10.2 Å². The van der Waals surface area contributed by atoms with Crippen molar-refractivity contribution in [1.29, 1.82) is 0 Å². The Morgan fingerprint density at radius 1 is 1.10 bits per heavy atom. The topological polar surface area (TPSA) is 77.8 Å². The van der Waals surface area contributed by atoms with Crippen molar-refractivity contribution in [3.05, 3.63) is 38.9 Å². The Morgan fingerprint density at radius 3 is 2.48 bits per heavy atom. The molecule has 0 spiro atoms. The van der Waals surface area contributed by atoms with Crippen LogP contribution in [-0.2, 0) is 0 Å². The van der Waals surface area contributed by atoms with E-state index in [2.05, 4.69) is 29.4 Å². The number of aromatic nitrogens is 2. The van der Waals surface area contributed by atoms with Gasteiger partial charge in [-0.2, -0.15) is 0 Å². The van der Waals surface area contributed by atoms with Crippen LogP contribution in [0.5, 0.6) is 0 Å². The number of hydrogen-bond donors (Lipinski definition) is 3. The SMILES string of the molecule is CC1(C)CCC(Nc2cccc3c(=O)[nH][nH]c(=O)c23)CC1. The van der Waals surface area contributed by atoms with Gasteiger partial charge in [0, 0.05) is 11.7 Å². The summed E-state index contributed by atoms with van der Waals surface area (Å²) in [4.78, 5) is 23.8. The molecule has 5 nitrogen and oxygen atoms in total. The van der Waals surface area contributed by atoms with Crippen LogP contribution in [0.4, 0.5) is 5.69 Å². The van der Waals surface area contributed by atoms with E-state index in [9.17, 15) is 9.59 Å². The number of nitrogens with one attached hydrogen (secondary N) is 3. The zero-order valence-electron chi connectivity index (χ0n) is 12.5. The van der Waals surface area contributed by atoms with Gasteiger partial charge >= 0.3 is 0 Å². The molecule has 1 heterocycles. The minimum absolute atomic E-state index is 0.260. The molecule has 0 unspecified atom stereocenters. The largest absolute Gasteiger partial charge is 0.382 e. The monoisotopic (exact) mass is 287 g/mol. The van der Waals surface area contributed by atoms with Crippen molar-refractivity contribution in [2.24, 2.45) is 5.41 Å². The standard InChI is InChI=1S/C16H21N3O2/c1-16(2)8-6-10(7-9-16)17-12-5-3-4-11-13(12)15(21)19-18-14(11)20/h3-5,10,17H,6-9H2,1-2H3,(H,18,20)(H,19,21). The number of benzene rings is 1. The van der Waals surface area contributed by atoms with Gasteiger partial charge in [-0.1, -0.05) is 19.9 Å². The highest BCUT2D eigenvalue weighted by Crippen LogP contribution is 2.36. The van der Waals surface area contributed by atoms with Gasteiger partial charge in [-0.25, -0.2) is 0 Å². The summed E-state index contributed by atoms with van der Waals surface area (Å²) in [6, 6.07) is 5.73. The number of anilines is 1. The van der Waals surface area contributed by atoms with E-state index >= 15 is 0 Å². The van der Waals surface area contributed by atoms with E-state index in [1.165, 1.54) is 12.8 Å². The van der Waals surface area contributed by atoms with Crippen molar-refractivity contribution in [3.8, 4) is 0 Å². The average Bonchev–Trinajstić information content (AvgIpc) is 2.45. The molecule has 3 rings (SSSR count). The second-order valence-corrected chi connectivity index (χ2v) is 6.72. The lowest BCUT2D eigenvalue weighted by atomic mass is 9.75. The lowest BCUT2D eigenvalue weighted by molar-refractivity contribution is 0.232. The molecule has 3 N–H and O–H groups in total. The number of fused-ring (bicyclic) bond motifs is 1. The first-order valence-corrected chi connectivity index (χ1v) is 7.46. The van der Waals surface area contributed by atoms with Crippen molar-refractivity contribution < 1.29 is 0 Å². The third-order valence-corrected chi connectivity index (χ3v) is 4.52.